The van der Waals surface area contributed by atoms with Crippen LogP contribution in [0.15, 0.2) is 158 Å². The van der Waals surface area contributed by atoms with Crippen LogP contribution in [0.25, 0.3) is 76.8 Å². The van der Waals surface area contributed by atoms with Gasteiger partial charge >= 0.3 is 0 Å². The van der Waals surface area contributed by atoms with E-state index in [9.17, 15) is 0 Å². The molecule has 0 atom stereocenters. The summed E-state index contributed by atoms with van der Waals surface area (Å²) in [5.41, 5.74) is 15.9. The zero-order valence-corrected chi connectivity index (χ0v) is 26.2. The molecule has 1 aliphatic rings. The normalized spacial score (nSPS) is 12.3. The van der Waals surface area contributed by atoms with Gasteiger partial charge in [0, 0.05) is 11.1 Å². The van der Waals surface area contributed by atoms with E-state index in [-0.39, 0.29) is 0 Å². The van der Waals surface area contributed by atoms with Crippen molar-refractivity contribution in [2.24, 2.45) is 0 Å². The van der Waals surface area contributed by atoms with Crippen LogP contribution >= 0.6 is 0 Å². The highest BCUT2D eigenvalue weighted by Crippen LogP contribution is 2.40. The predicted molar refractivity (Wildman–Crippen MR) is 197 cm³/mol. The van der Waals surface area contributed by atoms with Crippen LogP contribution in [-0.4, -0.2) is 4.57 Å². The first-order chi connectivity index (χ1) is 23.7. The van der Waals surface area contributed by atoms with Gasteiger partial charge in [-0.2, -0.15) is 0 Å². The minimum absolute atomic E-state index is 0.548. The second-order valence-electron chi connectivity index (χ2n) is 12.4. The van der Waals surface area contributed by atoms with Crippen LogP contribution in [-0.2, 0) is 18.0 Å². The topological polar surface area (TPSA) is 18.5 Å². The summed E-state index contributed by atoms with van der Waals surface area (Å²) in [6.07, 6.45) is 0. The standard InChI is InChI=1S/C45H30N2O/c1-46-38-18-21-45-43(26-38)41-14-8-9-15-44(41)47(45)39-19-16-33-28-48-29-37-22-32(17-20-40(37)42(33)27-39)36-24-34(30-10-4-2-5-11-30)23-35(25-36)31-12-6-3-7-13-31/h2-27H,28-29H2. The minimum Gasteiger partial charge on any atom is -0.372 e. The third-order valence-electron chi connectivity index (χ3n) is 9.53. The number of para-hydroxylation sites is 1. The summed E-state index contributed by atoms with van der Waals surface area (Å²) < 4.78 is 8.60. The van der Waals surface area contributed by atoms with E-state index in [1.165, 1.54) is 55.6 Å². The van der Waals surface area contributed by atoms with E-state index in [1.807, 2.05) is 12.1 Å². The van der Waals surface area contributed by atoms with Gasteiger partial charge in [-0.15, -0.1) is 0 Å². The van der Waals surface area contributed by atoms with Crippen LogP contribution in [0.2, 0.25) is 0 Å². The van der Waals surface area contributed by atoms with E-state index in [4.69, 9.17) is 11.3 Å². The highest BCUT2D eigenvalue weighted by Gasteiger charge is 2.19. The molecule has 2 heterocycles. The van der Waals surface area contributed by atoms with Crippen molar-refractivity contribution in [1.29, 1.82) is 0 Å². The summed E-state index contributed by atoms with van der Waals surface area (Å²) in [5.74, 6) is 0. The molecule has 226 valence electrons. The van der Waals surface area contributed by atoms with Crippen molar-refractivity contribution in [3.63, 3.8) is 0 Å². The second-order valence-corrected chi connectivity index (χ2v) is 12.4. The van der Waals surface area contributed by atoms with Gasteiger partial charge in [-0.1, -0.05) is 103 Å². The van der Waals surface area contributed by atoms with Crippen LogP contribution in [0.1, 0.15) is 11.1 Å². The lowest BCUT2D eigenvalue weighted by molar-refractivity contribution is 0.110. The van der Waals surface area contributed by atoms with Crippen LogP contribution in [0.5, 0.6) is 0 Å². The Morgan fingerprint density at radius 2 is 1.10 bits per heavy atom. The van der Waals surface area contributed by atoms with Crippen LogP contribution < -0.4 is 0 Å². The van der Waals surface area contributed by atoms with Crippen molar-refractivity contribution in [1.82, 2.24) is 4.57 Å². The van der Waals surface area contributed by atoms with E-state index in [0.717, 1.165) is 27.5 Å². The molecule has 48 heavy (non-hydrogen) atoms. The average molecular weight is 615 g/mol. The lowest BCUT2D eigenvalue weighted by Crippen LogP contribution is -1.97. The number of hydrogen-bond acceptors (Lipinski definition) is 1. The highest BCUT2D eigenvalue weighted by atomic mass is 16.5. The fraction of sp³-hybridized carbons (Fsp3) is 0.0444. The lowest BCUT2D eigenvalue weighted by Gasteiger charge is -2.15. The summed E-state index contributed by atoms with van der Waals surface area (Å²) in [4.78, 5) is 3.70. The van der Waals surface area contributed by atoms with E-state index in [2.05, 4.69) is 155 Å². The summed E-state index contributed by atoms with van der Waals surface area (Å²) >= 11 is 0. The maximum absolute atomic E-state index is 7.57. The zero-order valence-electron chi connectivity index (χ0n) is 26.2. The molecule has 0 spiro atoms. The largest absolute Gasteiger partial charge is 0.372 e. The Bertz CT molecular complexity index is 2480. The van der Waals surface area contributed by atoms with Crippen molar-refractivity contribution < 1.29 is 4.74 Å². The Morgan fingerprint density at radius 1 is 0.458 bits per heavy atom. The van der Waals surface area contributed by atoms with Gasteiger partial charge in [0.25, 0.3) is 0 Å². The van der Waals surface area contributed by atoms with Crippen molar-refractivity contribution in [2.75, 3.05) is 0 Å². The summed E-state index contributed by atoms with van der Waals surface area (Å²) in [7, 11) is 0. The third-order valence-corrected chi connectivity index (χ3v) is 9.53. The predicted octanol–water partition coefficient (Wildman–Crippen LogP) is 12.0. The molecule has 9 rings (SSSR count). The minimum atomic E-state index is 0.548. The van der Waals surface area contributed by atoms with Crippen molar-refractivity contribution in [2.45, 2.75) is 13.2 Å². The first-order valence-corrected chi connectivity index (χ1v) is 16.2. The smallest absolute Gasteiger partial charge is 0.188 e. The molecular weight excluding hydrogens is 585 g/mol. The van der Waals surface area contributed by atoms with Gasteiger partial charge in [-0.25, -0.2) is 4.85 Å². The molecule has 0 unspecified atom stereocenters. The molecule has 0 amide bonds. The molecular formula is C45H30N2O. The molecule has 7 aromatic carbocycles. The fourth-order valence-electron chi connectivity index (χ4n) is 7.20. The first-order valence-electron chi connectivity index (χ1n) is 16.2. The maximum atomic E-state index is 7.57. The van der Waals surface area contributed by atoms with Gasteiger partial charge in [0.15, 0.2) is 5.69 Å². The summed E-state index contributed by atoms with van der Waals surface area (Å²) in [5, 5.41) is 2.24. The number of nitrogens with zero attached hydrogens (tertiary/aromatic N) is 2. The zero-order chi connectivity index (χ0) is 32.0. The van der Waals surface area contributed by atoms with Gasteiger partial charge in [-0.05, 0) is 116 Å². The monoisotopic (exact) mass is 614 g/mol. The Hall–Kier alpha value is -6.21. The van der Waals surface area contributed by atoms with Gasteiger partial charge in [0.1, 0.15) is 0 Å². The Kier molecular flexibility index (Phi) is 6.75. The molecule has 0 saturated carbocycles. The molecule has 0 fully saturated rings. The van der Waals surface area contributed by atoms with E-state index < -0.39 is 0 Å². The maximum Gasteiger partial charge on any atom is 0.188 e. The van der Waals surface area contributed by atoms with Crippen molar-refractivity contribution in [3.8, 4) is 50.2 Å². The number of hydrogen-bond donors (Lipinski definition) is 0. The molecule has 0 aliphatic carbocycles. The van der Waals surface area contributed by atoms with Crippen LogP contribution in [0, 0.1) is 6.57 Å². The molecule has 0 bridgehead atoms. The fourth-order valence-corrected chi connectivity index (χ4v) is 7.20. The number of fused-ring (bicyclic) bond motifs is 6. The number of rotatable bonds is 4. The lowest BCUT2D eigenvalue weighted by atomic mass is 9.90. The molecule has 3 nitrogen and oxygen atoms in total. The average Bonchev–Trinajstić information content (AvgIpc) is 3.37. The molecule has 1 aromatic heterocycles. The highest BCUT2D eigenvalue weighted by molar-refractivity contribution is 6.10. The molecule has 0 N–H and O–H groups in total. The molecule has 3 heteroatoms. The van der Waals surface area contributed by atoms with Gasteiger partial charge in [0.05, 0.1) is 30.8 Å². The van der Waals surface area contributed by atoms with Crippen LogP contribution in [0.4, 0.5) is 5.69 Å². The van der Waals surface area contributed by atoms with Gasteiger partial charge < -0.3 is 9.30 Å². The number of benzene rings is 7. The van der Waals surface area contributed by atoms with Crippen LogP contribution in [0.3, 0.4) is 0 Å². The van der Waals surface area contributed by atoms with Crippen molar-refractivity contribution >= 4 is 27.5 Å². The molecule has 0 radical (unpaired) electrons. The molecule has 0 saturated heterocycles. The Balaban J connectivity index is 1.18. The quantitative estimate of drug-likeness (QED) is 0.180. The van der Waals surface area contributed by atoms with E-state index >= 15 is 0 Å². The third kappa shape index (κ3) is 4.79. The Labute approximate surface area is 279 Å². The number of aromatic nitrogens is 1. The van der Waals surface area contributed by atoms with Crippen molar-refractivity contribution in [3.05, 3.63) is 180 Å². The summed E-state index contributed by atoms with van der Waals surface area (Å²) in [6.45, 7) is 8.67. The summed E-state index contributed by atoms with van der Waals surface area (Å²) in [6, 6.07) is 56.1. The Morgan fingerprint density at radius 3 is 1.83 bits per heavy atom. The van der Waals surface area contributed by atoms with E-state index in [0.29, 0.717) is 18.9 Å². The first kappa shape index (κ1) is 28.0. The van der Waals surface area contributed by atoms with Gasteiger partial charge in [0.2, 0.25) is 0 Å². The molecule has 8 aromatic rings. The van der Waals surface area contributed by atoms with E-state index in [1.54, 1.807) is 0 Å². The molecule has 1 aliphatic heterocycles. The number of ether oxygens (including phenoxy) is 1. The second kappa shape index (κ2) is 11.5. The SMILES string of the molecule is [C-]#[N+]c1ccc2c(c1)c1ccccc1n2-c1ccc2c(c1)-c1ccc(-c3cc(-c4ccccc4)cc(-c4ccccc4)c3)cc1COC2. The van der Waals surface area contributed by atoms with Gasteiger partial charge in [-0.3, -0.25) is 0 Å².